The van der Waals surface area contributed by atoms with Crippen LogP contribution in [0.15, 0.2) is 23.0 Å². The van der Waals surface area contributed by atoms with E-state index in [0.29, 0.717) is 11.3 Å². The first-order valence-corrected chi connectivity index (χ1v) is 6.70. The molecule has 0 aliphatic carbocycles. The van der Waals surface area contributed by atoms with Gasteiger partial charge in [-0.1, -0.05) is 0 Å². The third-order valence-electron chi connectivity index (χ3n) is 3.62. The number of phenolic OH excluding ortho intramolecular Hbond substituents is 2. The van der Waals surface area contributed by atoms with Crippen LogP contribution < -0.4 is 27.4 Å². The van der Waals surface area contributed by atoms with Gasteiger partial charge in [-0.15, -0.1) is 0 Å². The molecule has 0 aliphatic rings. The molecule has 2 N–H and O–H groups in total. The van der Waals surface area contributed by atoms with Crippen molar-refractivity contribution in [3.8, 4) is 17.2 Å². The number of aryl methyl sites for hydroxylation is 1. The molecule has 0 aliphatic heterocycles. The second-order valence-corrected chi connectivity index (χ2v) is 5.00. The van der Waals surface area contributed by atoms with Crippen molar-refractivity contribution in [1.29, 1.82) is 0 Å². The first-order chi connectivity index (χ1) is 10.4. The monoisotopic (exact) mass is 338 g/mol. The van der Waals surface area contributed by atoms with Crippen molar-refractivity contribution in [3.63, 3.8) is 0 Å². The van der Waals surface area contributed by atoms with Gasteiger partial charge in [-0.25, -0.2) is 0 Å². The molecule has 0 saturated carbocycles. The first-order valence-electron chi connectivity index (χ1n) is 6.70. The van der Waals surface area contributed by atoms with Crippen molar-refractivity contribution in [2.45, 2.75) is 6.92 Å². The van der Waals surface area contributed by atoms with Crippen LogP contribution in [0.5, 0.6) is 17.2 Å². The van der Waals surface area contributed by atoms with Crippen LogP contribution in [-0.4, -0.2) is 21.9 Å². The van der Waals surface area contributed by atoms with Crippen molar-refractivity contribution in [1.82, 2.24) is 4.57 Å². The topological polar surface area (TPSA) is 75.6 Å². The Balaban J connectivity index is 0.00000264. The Labute approximate surface area is 140 Å². The van der Waals surface area contributed by atoms with Crippen LogP contribution in [-0.2, 0) is 14.1 Å². The molecule has 0 amide bonds. The third kappa shape index (κ3) is 3.48. The lowest BCUT2D eigenvalue weighted by atomic mass is 10.1. The van der Waals surface area contributed by atoms with Crippen molar-refractivity contribution in [2.24, 2.45) is 14.1 Å². The Hall–Kier alpha value is -2.47. The smallest absolute Gasteiger partial charge is 0.498 e. The van der Waals surface area contributed by atoms with Gasteiger partial charge in [0.2, 0.25) is 0 Å². The molecule has 0 spiro atoms. The maximum atomic E-state index is 12.0. The number of aromatic hydroxyl groups is 2. The van der Waals surface area contributed by atoms with E-state index >= 15 is 0 Å². The Morgan fingerprint density at radius 1 is 1.22 bits per heavy atom. The highest BCUT2D eigenvalue weighted by Gasteiger charge is 2.14. The zero-order valence-corrected chi connectivity index (χ0v) is 14.1. The zero-order valence-electron chi connectivity index (χ0n) is 13.4. The second kappa shape index (κ2) is 7.19. The predicted molar refractivity (Wildman–Crippen MR) is 82.8 cm³/mol. The van der Waals surface area contributed by atoms with E-state index in [1.54, 1.807) is 30.8 Å². The van der Waals surface area contributed by atoms with E-state index in [4.69, 9.17) is 4.74 Å². The Bertz CT molecular complexity index is 813. The quantitative estimate of drug-likeness (QED) is 0.507. The molecule has 0 fully saturated rings. The summed E-state index contributed by atoms with van der Waals surface area (Å²) in [7, 11) is 4.78. The Morgan fingerprint density at radius 3 is 2.43 bits per heavy atom. The Kier molecular flexibility index (Phi) is 5.81. The molecule has 1 aromatic carbocycles. The van der Waals surface area contributed by atoms with Crippen LogP contribution in [0.4, 0.5) is 0 Å². The lowest BCUT2D eigenvalue weighted by Gasteiger charge is -2.09. The van der Waals surface area contributed by atoms with Crippen LogP contribution in [0.3, 0.4) is 0 Å². The average Bonchev–Trinajstić information content (AvgIpc) is 2.50. The summed E-state index contributed by atoms with van der Waals surface area (Å²) in [6.07, 6.45) is 3.29. The minimum absolute atomic E-state index is 0. The van der Waals surface area contributed by atoms with Crippen LogP contribution >= 0.6 is 0 Å². The number of hydrogen-bond donors (Lipinski definition) is 2. The SMILES string of the molecule is COc1c(O)ccc(O)c1/C=C/c1cc(C)[n+](C)c(=O)n1C.[Cl-]. The predicted octanol–water partition coefficient (Wildman–Crippen LogP) is -1.89. The highest BCUT2D eigenvalue weighted by Crippen LogP contribution is 2.37. The lowest BCUT2D eigenvalue weighted by Crippen LogP contribution is -3.00. The van der Waals surface area contributed by atoms with E-state index in [0.717, 1.165) is 5.69 Å². The largest absolute Gasteiger partial charge is 1.00 e. The minimum atomic E-state index is -0.147. The first kappa shape index (κ1) is 18.6. The van der Waals surface area contributed by atoms with Crippen LogP contribution in [0.2, 0.25) is 0 Å². The standard InChI is InChI=1S/C16H18N2O4.ClH/c1-10-9-11(18(3)16(21)17(10)2)5-6-12-13(19)7-8-14(20)15(12)22-4;/h5-9,20H,1-4H3;1H. The number of nitrogens with zero attached hydrogens (tertiary/aromatic N) is 2. The highest BCUT2D eigenvalue weighted by molar-refractivity contribution is 5.76. The molecule has 23 heavy (non-hydrogen) atoms. The normalized spacial score (nSPS) is 10.6. The van der Waals surface area contributed by atoms with Crippen LogP contribution in [0, 0.1) is 6.92 Å². The zero-order chi connectivity index (χ0) is 16.4. The maximum absolute atomic E-state index is 12.0. The number of halogens is 1. The number of benzene rings is 1. The molecule has 6 nitrogen and oxygen atoms in total. The van der Waals surface area contributed by atoms with Gasteiger partial charge in [-0.05, 0) is 31.2 Å². The van der Waals surface area contributed by atoms with Gasteiger partial charge < -0.3 is 27.4 Å². The highest BCUT2D eigenvalue weighted by atomic mass is 35.5. The molecule has 0 bridgehead atoms. The van der Waals surface area contributed by atoms with Gasteiger partial charge in [-0.3, -0.25) is 0 Å². The molecule has 124 valence electrons. The molecule has 0 saturated heterocycles. The third-order valence-corrected chi connectivity index (χ3v) is 3.62. The van der Waals surface area contributed by atoms with Gasteiger partial charge in [0.15, 0.2) is 11.5 Å². The fourth-order valence-corrected chi connectivity index (χ4v) is 2.18. The van der Waals surface area contributed by atoms with Gasteiger partial charge in [0.1, 0.15) is 17.1 Å². The minimum Gasteiger partial charge on any atom is -1.00 e. The van der Waals surface area contributed by atoms with Gasteiger partial charge in [0, 0.05) is 6.07 Å². The summed E-state index contributed by atoms with van der Waals surface area (Å²) in [4.78, 5) is 12.0. The summed E-state index contributed by atoms with van der Waals surface area (Å²) in [5.41, 5.74) is 1.69. The van der Waals surface area contributed by atoms with Gasteiger partial charge in [-0.2, -0.15) is 13.9 Å². The van der Waals surface area contributed by atoms with E-state index in [9.17, 15) is 15.0 Å². The fraction of sp³-hybridized carbons (Fsp3) is 0.250. The lowest BCUT2D eigenvalue weighted by molar-refractivity contribution is -0.696. The van der Waals surface area contributed by atoms with E-state index in [1.165, 1.54) is 23.8 Å². The summed E-state index contributed by atoms with van der Waals surface area (Å²) in [5.74, 6) is 0.0954. The van der Waals surface area contributed by atoms with E-state index < -0.39 is 0 Å². The van der Waals surface area contributed by atoms with Crippen molar-refractivity contribution >= 4 is 12.2 Å². The molecule has 0 unspecified atom stereocenters. The average molecular weight is 339 g/mol. The molecular formula is C16H19ClN2O4. The summed E-state index contributed by atoms with van der Waals surface area (Å²) in [5, 5.41) is 19.7. The molecule has 0 atom stereocenters. The molecule has 2 aromatic rings. The van der Waals surface area contributed by atoms with Crippen LogP contribution in [0.1, 0.15) is 17.0 Å². The summed E-state index contributed by atoms with van der Waals surface area (Å²) >= 11 is 0. The van der Waals surface area contributed by atoms with Crippen LogP contribution in [0.25, 0.3) is 12.2 Å². The summed E-state index contributed by atoms with van der Waals surface area (Å²) < 4.78 is 8.15. The maximum Gasteiger partial charge on any atom is 0.498 e. The second-order valence-electron chi connectivity index (χ2n) is 5.00. The van der Waals surface area contributed by atoms with Gasteiger partial charge in [0.25, 0.3) is 0 Å². The van der Waals surface area contributed by atoms with Crippen molar-refractivity contribution < 1.29 is 31.9 Å². The number of ether oxygens (including phenoxy) is 1. The molecule has 7 heteroatoms. The number of methoxy groups -OCH3 is 1. The van der Waals surface area contributed by atoms with E-state index in [1.807, 2.05) is 13.0 Å². The number of phenols is 2. The fourth-order valence-electron chi connectivity index (χ4n) is 2.18. The summed E-state index contributed by atoms with van der Waals surface area (Å²) in [6.45, 7) is 1.84. The number of aromatic nitrogens is 2. The molecule has 2 rings (SSSR count). The molecular weight excluding hydrogens is 320 g/mol. The molecule has 0 radical (unpaired) electrons. The van der Waals surface area contributed by atoms with Gasteiger partial charge >= 0.3 is 5.69 Å². The van der Waals surface area contributed by atoms with E-state index in [-0.39, 0.29) is 35.3 Å². The van der Waals surface area contributed by atoms with E-state index in [2.05, 4.69) is 0 Å². The summed E-state index contributed by atoms with van der Waals surface area (Å²) in [6, 6.07) is 4.59. The molecule has 1 heterocycles. The number of rotatable bonds is 3. The Morgan fingerprint density at radius 2 is 1.83 bits per heavy atom. The van der Waals surface area contributed by atoms with Crippen molar-refractivity contribution in [2.75, 3.05) is 7.11 Å². The molecule has 1 aromatic heterocycles. The van der Waals surface area contributed by atoms with Crippen molar-refractivity contribution in [3.05, 3.63) is 45.6 Å². The van der Waals surface area contributed by atoms with Gasteiger partial charge in [0.05, 0.1) is 26.8 Å². The number of hydrogen-bond acceptors (Lipinski definition) is 4.